The van der Waals surface area contributed by atoms with E-state index < -0.39 is 11.6 Å². The van der Waals surface area contributed by atoms with Crippen LogP contribution >= 0.6 is 0 Å². The topological polar surface area (TPSA) is 20.3 Å². The number of carbonyl (C=O) groups excluding carboxylic acids is 1. The molecule has 1 aromatic rings. The summed E-state index contributed by atoms with van der Waals surface area (Å²) in [5.41, 5.74) is 0.552. The number of hydrogen-bond donors (Lipinski definition) is 0. The lowest BCUT2D eigenvalue weighted by Gasteiger charge is -2.19. The van der Waals surface area contributed by atoms with E-state index >= 15 is 0 Å². The second-order valence-corrected chi connectivity index (χ2v) is 3.30. The minimum Gasteiger partial charge on any atom is -0.335 e. The van der Waals surface area contributed by atoms with Gasteiger partial charge in [0.15, 0.2) is 11.6 Å². The quantitative estimate of drug-likeness (QED) is 0.721. The maximum atomic E-state index is 12.9. The van der Waals surface area contributed by atoms with Gasteiger partial charge in [0, 0.05) is 13.1 Å². The molecule has 1 amide bonds. The molecule has 0 spiro atoms. The van der Waals surface area contributed by atoms with Crippen molar-refractivity contribution in [2.24, 2.45) is 0 Å². The van der Waals surface area contributed by atoms with Crippen molar-refractivity contribution < 1.29 is 13.6 Å². The van der Waals surface area contributed by atoms with Crippen LogP contribution < -0.4 is 0 Å². The summed E-state index contributed by atoms with van der Waals surface area (Å²) in [7, 11) is 0. The molecule has 0 bridgehead atoms. The third-order valence-corrected chi connectivity index (χ3v) is 2.23. The van der Waals surface area contributed by atoms with E-state index in [1.165, 1.54) is 17.0 Å². The highest BCUT2D eigenvalue weighted by molar-refractivity contribution is 5.86. The Balaban J connectivity index is 2.82. The summed E-state index contributed by atoms with van der Waals surface area (Å²) in [5.74, 6) is -2.02. The van der Waals surface area contributed by atoms with Crippen molar-refractivity contribution in [3.63, 3.8) is 0 Å². The molecule has 4 heteroatoms. The SMILES string of the molecule is C=CC(=O)N(CC)Cc1ccc(F)c(F)c1. The first-order valence-corrected chi connectivity index (χ1v) is 4.93. The van der Waals surface area contributed by atoms with Gasteiger partial charge in [0.05, 0.1) is 0 Å². The van der Waals surface area contributed by atoms with Crippen LogP contribution in [0.15, 0.2) is 30.9 Å². The minimum atomic E-state index is -0.903. The van der Waals surface area contributed by atoms with Crippen molar-refractivity contribution in [3.05, 3.63) is 48.1 Å². The van der Waals surface area contributed by atoms with Gasteiger partial charge in [-0.2, -0.15) is 0 Å². The molecule has 1 aromatic carbocycles. The second kappa shape index (κ2) is 5.39. The molecule has 0 saturated heterocycles. The van der Waals surface area contributed by atoms with Crippen LogP contribution in [-0.4, -0.2) is 17.4 Å². The average Bonchev–Trinajstić information content (AvgIpc) is 2.29. The molecule has 0 saturated carbocycles. The van der Waals surface area contributed by atoms with Crippen molar-refractivity contribution in [1.82, 2.24) is 4.90 Å². The molecular weight excluding hydrogens is 212 g/mol. The van der Waals surface area contributed by atoms with Crippen LogP contribution in [0, 0.1) is 11.6 Å². The fourth-order valence-corrected chi connectivity index (χ4v) is 1.33. The molecular formula is C12H13F2NO. The van der Waals surface area contributed by atoms with E-state index in [-0.39, 0.29) is 12.5 Å². The Morgan fingerprint density at radius 3 is 2.62 bits per heavy atom. The number of rotatable bonds is 4. The molecule has 0 N–H and O–H groups in total. The molecule has 0 atom stereocenters. The van der Waals surface area contributed by atoms with Gasteiger partial charge >= 0.3 is 0 Å². The first kappa shape index (κ1) is 12.4. The Hall–Kier alpha value is -1.71. The van der Waals surface area contributed by atoms with E-state index in [1.807, 2.05) is 0 Å². The Kier molecular flexibility index (Phi) is 4.17. The molecule has 2 nitrogen and oxygen atoms in total. The average molecular weight is 225 g/mol. The number of nitrogens with zero attached hydrogens (tertiary/aromatic N) is 1. The molecule has 0 unspecified atom stereocenters. The molecule has 0 aromatic heterocycles. The number of benzene rings is 1. The van der Waals surface area contributed by atoms with Crippen LogP contribution in [0.5, 0.6) is 0 Å². The van der Waals surface area contributed by atoms with Crippen LogP contribution in [0.4, 0.5) is 8.78 Å². The van der Waals surface area contributed by atoms with E-state index in [2.05, 4.69) is 6.58 Å². The summed E-state index contributed by atoms with van der Waals surface area (Å²) in [6.07, 6.45) is 1.20. The van der Waals surface area contributed by atoms with Crippen LogP contribution in [0.2, 0.25) is 0 Å². The van der Waals surface area contributed by atoms with E-state index in [0.717, 1.165) is 12.1 Å². The van der Waals surface area contributed by atoms with E-state index in [4.69, 9.17) is 0 Å². The summed E-state index contributed by atoms with van der Waals surface area (Å²) in [5, 5.41) is 0. The monoisotopic (exact) mass is 225 g/mol. The minimum absolute atomic E-state index is 0.229. The third-order valence-electron chi connectivity index (χ3n) is 2.23. The maximum absolute atomic E-state index is 12.9. The van der Waals surface area contributed by atoms with Gasteiger partial charge in [-0.1, -0.05) is 12.6 Å². The summed E-state index contributed by atoms with van der Waals surface area (Å²) in [6, 6.07) is 3.60. The molecule has 16 heavy (non-hydrogen) atoms. The first-order chi connectivity index (χ1) is 7.58. The Morgan fingerprint density at radius 1 is 1.44 bits per heavy atom. The smallest absolute Gasteiger partial charge is 0.246 e. The zero-order chi connectivity index (χ0) is 12.1. The molecule has 1 rings (SSSR count). The molecule has 0 aliphatic carbocycles. The third kappa shape index (κ3) is 2.89. The van der Waals surface area contributed by atoms with Crippen molar-refractivity contribution in [1.29, 1.82) is 0 Å². The normalized spacial score (nSPS) is 9.94. The molecule has 0 aliphatic heterocycles. The van der Waals surface area contributed by atoms with Gasteiger partial charge in [-0.25, -0.2) is 8.78 Å². The van der Waals surface area contributed by atoms with Crippen molar-refractivity contribution in [3.8, 4) is 0 Å². The van der Waals surface area contributed by atoms with E-state index in [1.54, 1.807) is 6.92 Å². The molecule has 0 heterocycles. The number of amides is 1. The summed E-state index contributed by atoms with van der Waals surface area (Å²) < 4.78 is 25.6. The maximum Gasteiger partial charge on any atom is 0.246 e. The fourth-order valence-electron chi connectivity index (χ4n) is 1.33. The number of hydrogen-bond acceptors (Lipinski definition) is 1. The summed E-state index contributed by atoms with van der Waals surface area (Å²) >= 11 is 0. The van der Waals surface area contributed by atoms with E-state index in [0.29, 0.717) is 12.1 Å². The van der Waals surface area contributed by atoms with Gasteiger partial charge in [-0.3, -0.25) is 4.79 Å². The van der Waals surface area contributed by atoms with Crippen LogP contribution in [0.1, 0.15) is 12.5 Å². The lowest BCUT2D eigenvalue weighted by Crippen LogP contribution is -2.28. The van der Waals surface area contributed by atoms with Gasteiger partial charge in [0.2, 0.25) is 5.91 Å². The Labute approximate surface area is 93.2 Å². The lowest BCUT2D eigenvalue weighted by atomic mass is 10.2. The summed E-state index contributed by atoms with van der Waals surface area (Å²) in [4.78, 5) is 12.8. The predicted octanol–water partition coefficient (Wildman–Crippen LogP) is 2.50. The zero-order valence-corrected chi connectivity index (χ0v) is 9.04. The van der Waals surface area contributed by atoms with Gasteiger partial charge < -0.3 is 4.90 Å². The van der Waals surface area contributed by atoms with Gasteiger partial charge in [-0.05, 0) is 30.7 Å². The second-order valence-electron chi connectivity index (χ2n) is 3.30. The van der Waals surface area contributed by atoms with Gasteiger partial charge in [0.25, 0.3) is 0 Å². The van der Waals surface area contributed by atoms with E-state index in [9.17, 15) is 13.6 Å². The fraction of sp³-hybridized carbons (Fsp3) is 0.250. The Bertz CT molecular complexity index is 404. The number of carbonyl (C=O) groups is 1. The van der Waals surface area contributed by atoms with Crippen LogP contribution in [0.25, 0.3) is 0 Å². The van der Waals surface area contributed by atoms with Crippen molar-refractivity contribution in [2.75, 3.05) is 6.54 Å². The van der Waals surface area contributed by atoms with Gasteiger partial charge in [0.1, 0.15) is 0 Å². The molecule has 0 radical (unpaired) electrons. The number of likely N-dealkylation sites (N-methyl/N-ethyl adjacent to an activating group) is 1. The molecule has 86 valence electrons. The van der Waals surface area contributed by atoms with Gasteiger partial charge in [-0.15, -0.1) is 0 Å². The van der Waals surface area contributed by atoms with Crippen LogP contribution in [-0.2, 0) is 11.3 Å². The van der Waals surface area contributed by atoms with Crippen molar-refractivity contribution in [2.45, 2.75) is 13.5 Å². The predicted molar refractivity (Wildman–Crippen MR) is 57.6 cm³/mol. The summed E-state index contributed by atoms with van der Waals surface area (Å²) in [6.45, 7) is 5.92. The highest BCUT2D eigenvalue weighted by Gasteiger charge is 2.10. The Morgan fingerprint density at radius 2 is 2.12 bits per heavy atom. The zero-order valence-electron chi connectivity index (χ0n) is 9.04. The highest BCUT2D eigenvalue weighted by Crippen LogP contribution is 2.11. The standard InChI is InChI=1S/C12H13F2NO/c1-3-12(16)15(4-2)8-9-5-6-10(13)11(14)7-9/h3,5-7H,1,4,8H2,2H3. The largest absolute Gasteiger partial charge is 0.335 e. The highest BCUT2D eigenvalue weighted by atomic mass is 19.2. The number of halogens is 2. The van der Waals surface area contributed by atoms with Crippen LogP contribution in [0.3, 0.4) is 0 Å². The molecule has 0 fully saturated rings. The molecule has 0 aliphatic rings. The van der Waals surface area contributed by atoms with Crippen molar-refractivity contribution >= 4 is 5.91 Å². The first-order valence-electron chi connectivity index (χ1n) is 4.93. The lowest BCUT2D eigenvalue weighted by molar-refractivity contribution is -0.126.